The summed E-state index contributed by atoms with van der Waals surface area (Å²) in [6.45, 7) is 21.8. The van der Waals surface area contributed by atoms with Crippen LogP contribution < -0.4 is 0 Å². The van der Waals surface area contributed by atoms with Gasteiger partial charge in [0.25, 0.3) is 0 Å². The number of methoxy groups -OCH3 is 1. The van der Waals surface area contributed by atoms with Gasteiger partial charge >= 0.3 is 14.4 Å². The summed E-state index contributed by atoms with van der Waals surface area (Å²) in [4.78, 5) is 0. The van der Waals surface area contributed by atoms with Crippen LogP contribution in [0.25, 0.3) is 0 Å². The van der Waals surface area contributed by atoms with Crippen molar-refractivity contribution < 1.29 is 23.8 Å². The van der Waals surface area contributed by atoms with E-state index in [9.17, 15) is 5.11 Å². The van der Waals surface area contributed by atoms with Crippen molar-refractivity contribution in [1.82, 2.24) is 0 Å². The van der Waals surface area contributed by atoms with E-state index in [2.05, 4.69) is 4.74 Å². The molecule has 0 aromatic rings. The minimum atomic E-state index is -0.951. The average Bonchev–Trinajstić information content (AvgIpc) is 2.66. The second-order valence-corrected chi connectivity index (χ2v) is 7.53. The minimum Gasteiger partial charge on any atom is -0.435 e. The molecule has 1 radical (unpaired) electrons. The zero-order valence-corrected chi connectivity index (χ0v) is 17.9. The molecule has 0 aromatic carbocycles. The van der Waals surface area contributed by atoms with Gasteiger partial charge in [0.2, 0.25) is 0 Å². The maximum absolute atomic E-state index is 10.00. The molecule has 0 aromatic heterocycles. The van der Waals surface area contributed by atoms with Crippen molar-refractivity contribution in [2.24, 2.45) is 0 Å². The van der Waals surface area contributed by atoms with Gasteiger partial charge in [-0.15, -0.1) is 0 Å². The summed E-state index contributed by atoms with van der Waals surface area (Å²) in [5.41, 5.74) is -2.42. The summed E-state index contributed by atoms with van der Waals surface area (Å²) in [7, 11) is 2.69. The molecule has 0 saturated carbocycles. The van der Waals surface area contributed by atoms with Gasteiger partial charge in [-0.3, -0.25) is 0 Å². The van der Waals surface area contributed by atoms with Crippen LogP contribution in [0.4, 0.5) is 0 Å². The van der Waals surface area contributed by atoms with Crippen LogP contribution in [0.5, 0.6) is 0 Å². The predicted octanol–water partition coefficient (Wildman–Crippen LogP) is 3.44. The SMILES string of the molecule is CC.CC(C)(O)C(C)(C)O[B]B1OC(C)(C)C(C)(C)O1.CCOC. The standard InChI is InChI=1S/C12H25B2O4.C3H8O.C2H6/c1-9(2,15)10(3,4)16-13-14-17-11(5,6)12(7,8)18-14;1-3-4-2;1-2/h15H,1-8H3;3H2,1-2H3;1-2H3. The van der Waals surface area contributed by atoms with Gasteiger partial charge in [-0.25, -0.2) is 0 Å². The molecule has 1 N–H and O–H groups in total. The summed E-state index contributed by atoms with van der Waals surface area (Å²) >= 11 is 0. The highest BCUT2D eigenvalue weighted by atomic mass is 16.7. The number of aliphatic hydroxyl groups is 1. The van der Waals surface area contributed by atoms with Crippen LogP contribution in [-0.4, -0.2) is 55.6 Å². The average molecular weight is 345 g/mol. The van der Waals surface area contributed by atoms with E-state index in [1.807, 2.05) is 62.3 Å². The Morgan fingerprint density at radius 1 is 1.00 bits per heavy atom. The fourth-order valence-corrected chi connectivity index (χ4v) is 1.31. The molecular formula is C17H39B2O5. The van der Waals surface area contributed by atoms with Crippen molar-refractivity contribution in [2.75, 3.05) is 13.7 Å². The van der Waals surface area contributed by atoms with Crippen molar-refractivity contribution in [3.63, 3.8) is 0 Å². The van der Waals surface area contributed by atoms with E-state index in [1.165, 1.54) is 7.37 Å². The number of ether oxygens (including phenoxy) is 1. The lowest BCUT2D eigenvalue weighted by Crippen LogP contribution is -2.50. The van der Waals surface area contributed by atoms with Crippen LogP contribution in [-0.2, 0) is 18.7 Å². The van der Waals surface area contributed by atoms with Gasteiger partial charge in [0, 0.05) is 13.7 Å². The van der Waals surface area contributed by atoms with Crippen molar-refractivity contribution in [3.05, 3.63) is 0 Å². The van der Waals surface area contributed by atoms with Crippen LogP contribution in [0.1, 0.15) is 76.2 Å². The van der Waals surface area contributed by atoms with E-state index in [1.54, 1.807) is 21.0 Å². The third-order valence-electron chi connectivity index (χ3n) is 4.51. The zero-order chi connectivity index (χ0) is 19.8. The number of hydrogen-bond donors (Lipinski definition) is 1. The van der Waals surface area contributed by atoms with E-state index >= 15 is 0 Å². The molecular weight excluding hydrogens is 306 g/mol. The first kappa shape index (κ1) is 26.2. The maximum Gasteiger partial charge on any atom is 0.439 e. The fraction of sp³-hybridized carbons (Fsp3) is 1.00. The lowest BCUT2D eigenvalue weighted by atomic mass is 9.55. The van der Waals surface area contributed by atoms with E-state index in [-0.39, 0.29) is 11.2 Å². The summed E-state index contributed by atoms with van der Waals surface area (Å²) in [6.07, 6.45) is 0. The smallest absolute Gasteiger partial charge is 0.435 e. The molecule has 7 heteroatoms. The monoisotopic (exact) mass is 345 g/mol. The third kappa shape index (κ3) is 7.87. The molecule has 143 valence electrons. The van der Waals surface area contributed by atoms with Crippen molar-refractivity contribution >= 4 is 14.4 Å². The highest BCUT2D eigenvalue weighted by molar-refractivity contribution is 7.03. The highest BCUT2D eigenvalue weighted by Gasteiger charge is 2.52. The first-order valence-electron chi connectivity index (χ1n) is 8.78. The van der Waals surface area contributed by atoms with Gasteiger partial charge in [0.15, 0.2) is 0 Å². The van der Waals surface area contributed by atoms with Crippen LogP contribution in [0.2, 0.25) is 0 Å². The summed E-state index contributed by atoms with van der Waals surface area (Å²) < 4.78 is 21.8. The van der Waals surface area contributed by atoms with E-state index in [0.29, 0.717) is 0 Å². The van der Waals surface area contributed by atoms with Gasteiger partial charge in [0.05, 0.1) is 22.4 Å². The maximum atomic E-state index is 10.00. The zero-order valence-electron chi connectivity index (χ0n) is 17.9. The molecule has 0 amide bonds. The molecule has 1 aliphatic heterocycles. The molecule has 1 aliphatic rings. The summed E-state index contributed by atoms with van der Waals surface area (Å²) in [5.74, 6) is 0. The van der Waals surface area contributed by atoms with Gasteiger partial charge < -0.3 is 23.8 Å². The second-order valence-electron chi connectivity index (χ2n) is 7.53. The van der Waals surface area contributed by atoms with Gasteiger partial charge in [-0.05, 0) is 62.3 Å². The fourth-order valence-electron chi connectivity index (χ4n) is 1.31. The van der Waals surface area contributed by atoms with Crippen molar-refractivity contribution in [1.29, 1.82) is 0 Å². The molecule has 1 fully saturated rings. The molecule has 0 spiro atoms. The van der Waals surface area contributed by atoms with E-state index < -0.39 is 18.2 Å². The quantitative estimate of drug-likeness (QED) is 0.774. The second kappa shape index (κ2) is 10.2. The molecule has 0 bridgehead atoms. The Morgan fingerprint density at radius 3 is 1.58 bits per heavy atom. The topological polar surface area (TPSA) is 57.2 Å². The number of rotatable bonds is 5. The molecule has 0 aliphatic carbocycles. The van der Waals surface area contributed by atoms with Gasteiger partial charge in [-0.2, -0.15) is 0 Å². The molecule has 0 atom stereocenters. The first-order valence-corrected chi connectivity index (χ1v) is 8.78. The van der Waals surface area contributed by atoms with Crippen LogP contribution in [0.3, 0.4) is 0 Å². The van der Waals surface area contributed by atoms with Crippen LogP contribution in [0, 0.1) is 0 Å². The Balaban J connectivity index is 0. The van der Waals surface area contributed by atoms with Crippen molar-refractivity contribution in [3.8, 4) is 0 Å². The molecule has 1 rings (SSSR count). The van der Waals surface area contributed by atoms with Crippen LogP contribution >= 0.6 is 0 Å². The molecule has 5 nitrogen and oxygen atoms in total. The van der Waals surface area contributed by atoms with Gasteiger partial charge in [0.1, 0.15) is 0 Å². The summed E-state index contributed by atoms with van der Waals surface area (Å²) in [6, 6.07) is 0. The minimum absolute atomic E-state index is 0.379. The van der Waals surface area contributed by atoms with E-state index in [4.69, 9.17) is 14.0 Å². The Labute approximate surface area is 151 Å². The Kier molecular flexibility index (Phi) is 11.1. The molecule has 0 unspecified atom stereocenters. The molecule has 24 heavy (non-hydrogen) atoms. The number of hydrogen-bond acceptors (Lipinski definition) is 5. The highest BCUT2D eigenvalue weighted by Crippen LogP contribution is 2.36. The normalized spacial score (nSPS) is 19.0. The molecule has 1 saturated heterocycles. The predicted molar refractivity (Wildman–Crippen MR) is 102 cm³/mol. The molecule has 1 heterocycles. The van der Waals surface area contributed by atoms with Crippen molar-refractivity contribution in [2.45, 2.75) is 98.6 Å². The first-order chi connectivity index (χ1) is 10.7. The lowest BCUT2D eigenvalue weighted by molar-refractivity contribution is -0.0894. The summed E-state index contributed by atoms with van der Waals surface area (Å²) in [5, 5.41) is 10.00. The van der Waals surface area contributed by atoms with Crippen LogP contribution in [0.15, 0.2) is 0 Å². The largest absolute Gasteiger partial charge is 0.439 e. The lowest BCUT2D eigenvalue weighted by Gasteiger charge is -2.37. The third-order valence-corrected chi connectivity index (χ3v) is 4.51. The Morgan fingerprint density at radius 2 is 1.33 bits per heavy atom. The Bertz CT molecular complexity index is 320. The Hall–Kier alpha value is -0.0701. The van der Waals surface area contributed by atoms with Gasteiger partial charge in [-0.1, -0.05) is 13.8 Å². The van der Waals surface area contributed by atoms with E-state index in [0.717, 1.165) is 6.61 Å².